The van der Waals surface area contributed by atoms with Crippen molar-refractivity contribution in [2.45, 2.75) is 32.6 Å². The molecule has 13 bridgehead atoms. The lowest BCUT2D eigenvalue weighted by atomic mass is 9.58. The maximum atomic E-state index is 2.82. The molecule has 10 rings (SSSR count). The summed E-state index contributed by atoms with van der Waals surface area (Å²) in [6, 6.07) is 0. The Hall–Kier alpha value is 0. The smallest absolute Gasteiger partial charge is 0.0136 e. The standard InChI is InChI=1S/C18H22/c1-17-8-4-5-9(17)13-12(8)15-10-6-2-3-7-11(10)16(13)18(15,17)14(6)7/h6-16H,2-5H2,1H3. The predicted octanol–water partition coefficient (Wildman–Crippen LogP) is 3.43. The van der Waals surface area contributed by atoms with Gasteiger partial charge in [0, 0.05) is 0 Å². The highest BCUT2D eigenvalue weighted by atomic mass is 15.0. The quantitative estimate of drug-likeness (QED) is 0.606. The van der Waals surface area contributed by atoms with E-state index in [2.05, 4.69) is 6.92 Å². The highest BCUT2D eigenvalue weighted by Gasteiger charge is 3.00. The number of rotatable bonds is 0. The fourth-order valence-corrected chi connectivity index (χ4v) is 12.3. The summed E-state index contributed by atoms with van der Waals surface area (Å²) < 4.78 is 0. The van der Waals surface area contributed by atoms with Gasteiger partial charge >= 0.3 is 0 Å². The minimum atomic E-state index is 0.878. The van der Waals surface area contributed by atoms with Crippen molar-refractivity contribution in [2.24, 2.45) is 75.9 Å². The molecule has 0 nitrogen and oxygen atoms in total. The van der Waals surface area contributed by atoms with Crippen LogP contribution < -0.4 is 0 Å². The van der Waals surface area contributed by atoms with Gasteiger partial charge in [-0.3, -0.25) is 0 Å². The molecule has 0 saturated heterocycles. The van der Waals surface area contributed by atoms with Gasteiger partial charge in [0.2, 0.25) is 0 Å². The van der Waals surface area contributed by atoms with Crippen LogP contribution in [0, 0.1) is 75.9 Å². The van der Waals surface area contributed by atoms with E-state index < -0.39 is 0 Å². The second kappa shape index (κ2) is 1.81. The molecule has 10 aliphatic carbocycles. The number of hydrogen-bond acceptors (Lipinski definition) is 0. The third kappa shape index (κ3) is 0.383. The zero-order valence-corrected chi connectivity index (χ0v) is 11.2. The molecule has 0 radical (unpaired) electrons. The Balaban J connectivity index is 1.57. The monoisotopic (exact) mass is 238 g/mol. The van der Waals surface area contributed by atoms with Crippen LogP contribution in [-0.4, -0.2) is 0 Å². The molecule has 10 unspecified atom stereocenters. The third-order valence-electron chi connectivity index (χ3n) is 11.1. The van der Waals surface area contributed by atoms with Crippen LogP contribution in [0.3, 0.4) is 0 Å². The Kier molecular flexibility index (Phi) is 0.838. The molecule has 0 aromatic rings. The summed E-state index contributed by atoms with van der Waals surface area (Å²) in [5.41, 5.74) is 1.85. The Morgan fingerprint density at radius 1 is 0.667 bits per heavy atom. The van der Waals surface area contributed by atoms with Crippen LogP contribution in [0.5, 0.6) is 0 Å². The molecule has 0 aliphatic heterocycles. The first-order valence-electron chi connectivity index (χ1n) is 8.83. The lowest BCUT2D eigenvalue weighted by molar-refractivity contribution is 0.0101. The fraction of sp³-hybridized carbons (Fsp3) is 1.00. The van der Waals surface area contributed by atoms with Crippen molar-refractivity contribution in [3.05, 3.63) is 0 Å². The Bertz CT molecular complexity index is 501. The summed E-state index contributed by atoms with van der Waals surface area (Å²) in [4.78, 5) is 0. The van der Waals surface area contributed by atoms with Crippen LogP contribution in [0.1, 0.15) is 32.6 Å². The summed E-state index contributed by atoms with van der Waals surface area (Å²) in [6.45, 7) is 2.82. The van der Waals surface area contributed by atoms with Gasteiger partial charge in [0.1, 0.15) is 0 Å². The molecule has 0 heteroatoms. The van der Waals surface area contributed by atoms with E-state index >= 15 is 0 Å². The van der Waals surface area contributed by atoms with E-state index in [1.165, 1.54) is 65.1 Å². The van der Waals surface area contributed by atoms with Gasteiger partial charge in [-0.1, -0.05) is 6.92 Å². The van der Waals surface area contributed by atoms with Crippen molar-refractivity contribution >= 4 is 0 Å². The molecule has 0 aromatic carbocycles. The lowest BCUT2D eigenvalue weighted by Crippen LogP contribution is -2.42. The molecule has 94 valence electrons. The van der Waals surface area contributed by atoms with Gasteiger partial charge in [0.05, 0.1) is 0 Å². The van der Waals surface area contributed by atoms with Gasteiger partial charge in [0.15, 0.2) is 0 Å². The number of hydrogen-bond donors (Lipinski definition) is 0. The first-order chi connectivity index (χ1) is 8.83. The Morgan fingerprint density at radius 3 is 1.78 bits per heavy atom. The molecule has 10 atom stereocenters. The van der Waals surface area contributed by atoms with E-state index in [0.717, 1.165) is 10.8 Å². The molecule has 10 fully saturated rings. The van der Waals surface area contributed by atoms with Crippen LogP contribution in [0.4, 0.5) is 0 Å². The van der Waals surface area contributed by atoms with Gasteiger partial charge < -0.3 is 0 Å². The minimum absolute atomic E-state index is 0.878. The molecule has 10 aliphatic rings. The van der Waals surface area contributed by atoms with Gasteiger partial charge in [-0.2, -0.15) is 0 Å². The van der Waals surface area contributed by atoms with Gasteiger partial charge in [-0.15, -0.1) is 0 Å². The maximum Gasteiger partial charge on any atom is -0.0136 e. The second-order valence-corrected chi connectivity index (χ2v) is 9.80. The average Bonchev–Trinajstić information content (AvgIpc) is 3.16. The molecule has 0 N–H and O–H groups in total. The first kappa shape index (κ1) is 8.32. The van der Waals surface area contributed by atoms with Crippen molar-refractivity contribution < 1.29 is 0 Å². The van der Waals surface area contributed by atoms with E-state index in [0.29, 0.717) is 0 Å². The van der Waals surface area contributed by atoms with Crippen molar-refractivity contribution in [3.63, 3.8) is 0 Å². The predicted molar refractivity (Wildman–Crippen MR) is 67.4 cm³/mol. The Morgan fingerprint density at radius 2 is 1.22 bits per heavy atom. The highest BCUT2D eigenvalue weighted by Crippen LogP contribution is 3.04. The summed E-state index contributed by atoms with van der Waals surface area (Å²) >= 11 is 0. The van der Waals surface area contributed by atoms with Crippen LogP contribution in [-0.2, 0) is 0 Å². The van der Waals surface area contributed by atoms with Crippen molar-refractivity contribution in [1.82, 2.24) is 0 Å². The summed E-state index contributed by atoms with van der Waals surface area (Å²) in [5, 5.41) is 0. The molecule has 0 heterocycles. The molecule has 10 saturated carbocycles. The van der Waals surface area contributed by atoms with Crippen LogP contribution in [0.25, 0.3) is 0 Å². The zero-order valence-electron chi connectivity index (χ0n) is 11.2. The summed E-state index contributed by atoms with van der Waals surface area (Å²) in [6.07, 6.45) is 6.61. The van der Waals surface area contributed by atoms with Crippen LogP contribution in [0.2, 0.25) is 0 Å². The molecular formula is C18H22. The van der Waals surface area contributed by atoms with E-state index in [4.69, 9.17) is 0 Å². The molecular weight excluding hydrogens is 216 g/mol. The molecule has 0 amide bonds. The third-order valence-corrected chi connectivity index (χ3v) is 11.1. The second-order valence-electron chi connectivity index (χ2n) is 9.80. The van der Waals surface area contributed by atoms with Crippen molar-refractivity contribution in [1.29, 1.82) is 0 Å². The largest absolute Gasteiger partial charge is 0.0585 e. The Labute approximate surface area is 109 Å². The molecule has 0 aromatic heterocycles. The zero-order chi connectivity index (χ0) is 11.2. The van der Waals surface area contributed by atoms with E-state index in [9.17, 15) is 0 Å². The first-order valence-corrected chi connectivity index (χ1v) is 8.83. The SMILES string of the molecule is CC12C3CCC1C1C3C3C4C5CCC6C4C1C32C56. The fourth-order valence-electron chi connectivity index (χ4n) is 12.3. The van der Waals surface area contributed by atoms with Crippen molar-refractivity contribution in [2.75, 3.05) is 0 Å². The summed E-state index contributed by atoms with van der Waals surface area (Å²) in [5.74, 6) is 13.9. The topological polar surface area (TPSA) is 0 Å². The minimum Gasteiger partial charge on any atom is -0.0585 e. The normalized spacial score (nSPS) is 92.8. The molecule has 18 heavy (non-hydrogen) atoms. The van der Waals surface area contributed by atoms with Gasteiger partial charge in [-0.05, 0) is 102 Å². The van der Waals surface area contributed by atoms with E-state index in [-0.39, 0.29) is 0 Å². The summed E-state index contributed by atoms with van der Waals surface area (Å²) in [7, 11) is 0. The van der Waals surface area contributed by atoms with E-state index in [1.54, 1.807) is 25.7 Å². The van der Waals surface area contributed by atoms with Gasteiger partial charge in [-0.25, -0.2) is 0 Å². The van der Waals surface area contributed by atoms with Gasteiger partial charge in [0.25, 0.3) is 0 Å². The van der Waals surface area contributed by atoms with E-state index in [1.807, 2.05) is 0 Å². The van der Waals surface area contributed by atoms with Crippen LogP contribution >= 0.6 is 0 Å². The van der Waals surface area contributed by atoms with Crippen molar-refractivity contribution in [3.8, 4) is 0 Å². The maximum absolute atomic E-state index is 2.82. The van der Waals surface area contributed by atoms with Crippen LogP contribution in [0.15, 0.2) is 0 Å². The molecule has 1 spiro atoms. The lowest BCUT2D eigenvalue weighted by Gasteiger charge is -2.45. The highest BCUT2D eigenvalue weighted by molar-refractivity contribution is 5.47. The average molecular weight is 238 g/mol.